The molecule has 0 atom stereocenters. The van der Waals surface area contributed by atoms with E-state index in [2.05, 4.69) is 36.9 Å². The molecule has 0 saturated carbocycles. The van der Waals surface area contributed by atoms with Gasteiger partial charge in [-0.25, -0.2) is 8.42 Å². The van der Waals surface area contributed by atoms with Crippen molar-refractivity contribution in [3.63, 3.8) is 0 Å². The molecular formula is C29H35N3O3S. The van der Waals surface area contributed by atoms with Crippen molar-refractivity contribution >= 4 is 21.6 Å². The van der Waals surface area contributed by atoms with E-state index in [9.17, 15) is 13.2 Å². The van der Waals surface area contributed by atoms with Gasteiger partial charge in [-0.1, -0.05) is 59.7 Å². The van der Waals surface area contributed by atoms with Crippen molar-refractivity contribution < 1.29 is 13.2 Å². The van der Waals surface area contributed by atoms with Crippen LogP contribution in [0.5, 0.6) is 0 Å². The van der Waals surface area contributed by atoms with E-state index >= 15 is 0 Å². The van der Waals surface area contributed by atoms with Gasteiger partial charge in [0, 0.05) is 38.4 Å². The molecule has 6 nitrogen and oxygen atoms in total. The maximum absolute atomic E-state index is 13.6. The normalized spacial score (nSPS) is 14.4. The highest BCUT2D eigenvalue weighted by Gasteiger charge is 2.30. The number of piperazine rings is 1. The summed E-state index contributed by atoms with van der Waals surface area (Å²) in [4.78, 5) is 17.6. The van der Waals surface area contributed by atoms with Gasteiger partial charge in [0.25, 0.3) is 0 Å². The molecule has 3 aromatic rings. The first-order chi connectivity index (χ1) is 17.1. The van der Waals surface area contributed by atoms with Crippen LogP contribution in [0.1, 0.15) is 27.8 Å². The minimum Gasteiger partial charge on any atom is -0.368 e. The topological polar surface area (TPSA) is 60.9 Å². The number of benzene rings is 3. The zero-order valence-electron chi connectivity index (χ0n) is 21.6. The summed E-state index contributed by atoms with van der Waals surface area (Å²) in [5.41, 5.74) is 6.64. The van der Waals surface area contributed by atoms with E-state index in [4.69, 9.17) is 0 Å². The van der Waals surface area contributed by atoms with Crippen LogP contribution in [-0.4, -0.2) is 56.3 Å². The standard InChI is InChI=1S/C29H35N3O3S/c1-22-8-12-26(13-9-22)20-32(36(34,35)27-14-10-23(2)11-15-27)21-29(33)31-18-16-30(17-19-31)28-7-5-6-24(3)25(28)4/h5-15H,16-21H2,1-4H3. The third-order valence-corrected chi connectivity index (χ3v) is 8.80. The van der Waals surface area contributed by atoms with Crippen LogP contribution in [0, 0.1) is 27.7 Å². The lowest BCUT2D eigenvalue weighted by Gasteiger charge is -2.37. The van der Waals surface area contributed by atoms with Gasteiger partial charge in [0.05, 0.1) is 11.4 Å². The van der Waals surface area contributed by atoms with Crippen LogP contribution in [-0.2, 0) is 21.4 Å². The molecule has 1 saturated heterocycles. The molecule has 3 aromatic carbocycles. The monoisotopic (exact) mass is 505 g/mol. The zero-order chi connectivity index (χ0) is 25.9. The Hall–Kier alpha value is -3.16. The first-order valence-electron chi connectivity index (χ1n) is 12.4. The van der Waals surface area contributed by atoms with Gasteiger partial charge < -0.3 is 9.80 Å². The van der Waals surface area contributed by atoms with E-state index < -0.39 is 10.0 Å². The second kappa shape index (κ2) is 10.8. The number of aryl methyl sites for hydroxylation is 3. The summed E-state index contributed by atoms with van der Waals surface area (Å²) in [6.07, 6.45) is 0. The Labute approximate surface area is 215 Å². The Bertz CT molecular complexity index is 1310. The molecule has 1 aliphatic heterocycles. The molecule has 0 aromatic heterocycles. The number of hydrogen-bond acceptors (Lipinski definition) is 4. The van der Waals surface area contributed by atoms with E-state index in [0.717, 1.165) is 29.8 Å². The van der Waals surface area contributed by atoms with E-state index in [1.165, 1.54) is 21.1 Å². The second-order valence-corrected chi connectivity index (χ2v) is 11.6. The average molecular weight is 506 g/mol. The van der Waals surface area contributed by atoms with Crippen molar-refractivity contribution in [1.29, 1.82) is 0 Å². The molecule has 0 spiro atoms. The van der Waals surface area contributed by atoms with Gasteiger partial charge >= 0.3 is 0 Å². The van der Waals surface area contributed by atoms with Gasteiger partial charge in [-0.2, -0.15) is 4.31 Å². The van der Waals surface area contributed by atoms with Crippen LogP contribution >= 0.6 is 0 Å². The Morgan fingerprint density at radius 2 is 1.39 bits per heavy atom. The number of anilines is 1. The number of carbonyl (C=O) groups is 1. The number of hydrogen-bond donors (Lipinski definition) is 0. The van der Waals surface area contributed by atoms with Gasteiger partial charge in [0.1, 0.15) is 0 Å². The minimum atomic E-state index is -3.85. The predicted octanol–water partition coefficient (Wildman–Crippen LogP) is 4.46. The number of rotatable bonds is 7. The Morgan fingerprint density at radius 1 is 0.806 bits per heavy atom. The zero-order valence-corrected chi connectivity index (χ0v) is 22.4. The Balaban J connectivity index is 1.50. The van der Waals surface area contributed by atoms with Crippen molar-refractivity contribution in [3.05, 3.63) is 94.5 Å². The van der Waals surface area contributed by atoms with Crippen LogP contribution in [0.2, 0.25) is 0 Å². The molecule has 1 heterocycles. The molecule has 0 aliphatic carbocycles. The first kappa shape index (κ1) is 25.9. The minimum absolute atomic E-state index is 0.144. The fourth-order valence-corrected chi connectivity index (χ4v) is 5.89. The summed E-state index contributed by atoms with van der Waals surface area (Å²) in [5, 5.41) is 0. The van der Waals surface area contributed by atoms with Gasteiger partial charge in [0.15, 0.2) is 0 Å². The van der Waals surface area contributed by atoms with Crippen molar-refractivity contribution in [3.8, 4) is 0 Å². The number of nitrogens with zero attached hydrogens (tertiary/aromatic N) is 3. The maximum Gasteiger partial charge on any atom is 0.243 e. The van der Waals surface area contributed by atoms with Gasteiger partial charge in [-0.05, 0) is 62.6 Å². The highest BCUT2D eigenvalue weighted by molar-refractivity contribution is 7.89. The molecule has 190 valence electrons. The lowest BCUT2D eigenvalue weighted by molar-refractivity contribution is -0.131. The van der Waals surface area contributed by atoms with Crippen molar-refractivity contribution in [1.82, 2.24) is 9.21 Å². The van der Waals surface area contributed by atoms with Crippen LogP contribution in [0.15, 0.2) is 71.6 Å². The third kappa shape index (κ3) is 5.79. The second-order valence-electron chi connectivity index (χ2n) is 9.66. The number of sulfonamides is 1. The van der Waals surface area contributed by atoms with Crippen molar-refractivity contribution in [2.24, 2.45) is 0 Å². The quantitative estimate of drug-likeness (QED) is 0.476. The van der Waals surface area contributed by atoms with Crippen LogP contribution in [0.25, 0.3) is 0 Å². The molecule has 1 aliphatic rings. The lowest BCUT2D eigenvalue weighted by Crippen LogP contribution is -2.52. The summed E-state index contributed by atoms with van der Waals surface area (Å²) >= 11 is 0. The molecule has 4 rings (SSSR count). The summed E-state index contributed by atoms with van der Waals surface area (Å²) in [6.45, 7) is 10.7. The van der Waals surface area contributed by atoms with Crippen molar-refractivity contribution in [2.75, 3.05) is 37.6 Å². The van der Waals surface area contributed by atoms with E-state index in [0.29, 0.717) is 13.1 Å². The summed E-state index contributed by atoms with van der Waals surface area (Å²) < 4.78 is 28.5. The van der Waals surface area contributed by atoms with Crippen molar-refractivity contribution in [2.45, 2.75) is 39.1 Å². The highest BCUT2D eigenvalue weighted by Crippen LogP contribution is 2.24. The summed E-state index contributed by atoms with van der Waals surface area (Å²) in [5.74, 6) is -0.168. The fraction of sp³-hybridized carbons (Fsp3) is 0.345. The molecule has 1 fully saturated rings. The molecule has 0 bridgehead atoms. The van der Waals surface area contributed by atoms with Crippen LogP contribution in [0.3, 0.4) is 0 Å². The molecule has 7 heteroatoms. The van der Waals surface area contributed by atoms with E-state index in [-0.39, 0.29) is 23.9 Å². The van der Waals surface area contributed by atoms with Gasteiger partial charge in [-0.3, -0.25) is 4.79 Å². The molecule has 1 amide bonds. The number of carbonyl (C=O) groups excluding carboxylic acids is 1. The lowest BCUT2D eigenvalue weighted by atomic mass is 10.1. The van der Waals surface area contributed by atoms with Crippen LogP contribution < -0.4 is 4.90 Å². The molecule has 0 radical (unpaired) electrons. The highest BCUT2D eigenvalue weighted by atomic mass is 32.2. The largest absolute Gasteiger partial charge is 0.368 e. The predicted molar refractivity (Wildman–Crippen MR) is 145 cm³/mol. The van der Waals surface area contributed by atoms with Gasteiger partial charge in [0.2, 0.25) is 15.9 Å². The number of amides is 1. The SMILES string of the molecule is Cc1ccc(CN(CC(=O)N2CCN(c3cccc(C)c3C)CC2)S(=O)(=O)c2ccc(C)cc2)cc1. The molecule has 0 N–H and O–H groups in total. The van der Waals surface area contributed by atoms with Crippen LogP contribution in [0.4, 0.5) is 5.69 Å². The molecule has 36 heavy (non-hydrogen) atoms. The van der Waals surface area contributed by atoms with Gasteiger partial charge in [-0.15, -0.1) is 0 Å². The smallest absolute Gasteiger partial charge is 0.243 e. The Morgan fingerprint density at radius 3 is 2.00 bits per heavy atom. The van der Waals surface area contributed by atoms with E-state index in [1.807, 2.05) is 38.1 Å². The Kier molecular flexibility index (Phi) is 7.81. The van der Waals surface area contributed by atoms with E-state index in [1.54, 1.807) is 29.2 Å². The third-order valence-electron chi connectivity index (χ3n) is 7.00. The average Bonchev–Trinajstić information content (AvgIpc) is 2.87. The molecule has 0 unspecified atom stereocenters. The fourth-order valence-electron chi connectivity index (χ4n) is 4.51. The first-order valence-corrected chi connectivity index (χ1v) is 13.8. The summed E-state index contributed by atoms with van der Waals surface area (Å²) in [7, 11) is -3.85. The molecular weight excluding hydrogens is 470 g/mol. The summed E-state index contributed by atoms with van der Waals surface area (Å²) in [6, 6.07) is 20.8. The maximum atomic E-state index is 13.6.